The molecule has 0 spiro atoms. The van der Waals surface area contributed by atoms with E-state index in [9.17, 15) is 0 Å². The normalized spacial score (nSPS) is 42.5. The van der Waals surface area contributed by atoms with Crippen molar-refractivity contribution in [3.63, 3.8) is 0 Å². The summed E-state index contributed by atoms with van der Waals surface area (Å²) in [6.45, 7) is 8.41. The molecule has 1 saturated carbocycles. The average Bonchev–Trinajstić information content (AvgIpc) is 2.52. The molecule has 76 valence electrons. The van der Waals surface area contributed by atoms with Gasteiger partial charge >= 0.3 is 0 Å². The van der Waals surface area contributed by atoms with E-state index in [1.54, 1.807) is 0 Å². The van der Waals surface area contributed by atoms with Crippen molar-refractivity contribution in [2.24, 2.45) is 5.92 Å². The molecule has 13 heavy (non-hydrogen) atoms. The minimum absolute atomic E-state index is 0.749. The van der Waals surface area contributed by atoms with Gasteiger partial charge in [0.2, 0.25) is 0 Å². The van der Waals surface area contributed by atoms with Gasteiger partial charge in [0.15, 0.2) is 0 Å². The maximum atomic E-state index is 3.46. The van der Waals surface area contributed by atoms with Gasteiger partial charge in [0.05, 0.1) is 0 Å². The first-order valence-electron chi connectivity index (χ1n) is 5.75. The highest BCUT2D eigenvalue weighted by atomic mass is 15.2. The van der Waals surface area contributed by atoms with Gasteiger partial charge in [-0.05, 0) is 25.7 Å². The summed E-state index contributed by atoms with van der Waals surface area (Å²) >= 11 is 0. The molecule has 0 bridgehead atoms. The van der Waals surface area contributed by atoms with E-state index in [4.69, 9.17) is 0 Å². The van der Waals surface area contributed by atoms with E-state index in [2.05, 4.69) is 24.1 Å². The van der Waals surface area contributed by atoms with E-state index >= 15 is 0 Å². The van der Waals surface area contributed by atoms with Crippen LogP contribution in [0.15, 0.2) is 0 Å². The van der Waals surface area contributed by atoms with Crippen molar-refractivity contribution in [3.8, 4) is 0 Å². The van der Waals surface area contributed by atoms with E-state index in [1.165, 1.54) is 38.9 Å². The highest BCUT2D eigenvalue weighted by molar-refractivity contribution is 4.88. The fourth-order valence-corrected chi connectivity index (χ4v) is 2.97. The van der Waals surface area contributed by atoms with Crippen molar-refractivity contribution in [1.82, 2.24) is 10.2 Å². The summed E-state index contributed by atoms with van der Waals surface area (Å²) in [6.07, 6.45) is 4.33. The Kier molecular flexibility index (Phi) is 2.89. The largest absolute Gasteiger partial charge is 0.314 e. The van der Waals surface area contributed by atoms with Crippen LogP contribution >= 0.6 is 0 Å². The SMILES string of the molecule is CC1CCCC1N1CCNC[C@@H]1C. The number of rotatable bonds is 1. The van der Waals surface area contributed by atoms with Gasteiger partial charge < -0.3 is 5.32 Å². The zero-order valence-electron chi connectivity index (χ0n) is 8.92. The van der Waals surface area contributed by atoms with Crippen molar-refractivity contribution in [2.75, 3.05) is 19.6 Å². The second kappa shape index (κ2) is 3.97. The van der Waals surface area contributed by atoms with Crippen LogP contribution in [0.25, 0.3) is 0 Å². The zero-order valence-corrected chi connectivity index (χ0v) is 8.92. The Morgan fingerprint density at radius 3 is 2.69 bits per heavy atom. The third kappa shape index (κ3) is 1.89. The lowest BCUT2D eigenvalue weighted by Crippen LogP contribution is -2.54. The first-order valence-corrected chi connectivity index (χ1v) is 5.75. The van der Waals surface area contributed by atoms with Gasteiger partial charge in [0.25, 0.3) is 0 Å². The molecule has 0 radical (unpaired) electrons. The van der Waals surface area contributed by atoms with Crippen LogP contribution in [0, 0.1) is 5.92 Å². The highest BCUT2D eigenvalue weighted by Crippen LogP contribution is 2.30. The van der Waals surface area contributed by atoms with E-state index in [1.807, 2.05) is 0 Å². The van der Waals surface area contributed by atoms with Gasteiger partial charge in [-0.15, -0.1) is 0 Å². The lowest BCUT2D eigenvalue weighted by atomic mass is 10.0. The maximum Gasteiger partial charge on any atom is 0.0195 e. The molecule has 0 aromatic rings. The molecule has 1 heterocycles. The Labute approximate surface area is 81.7 Å². The molecule has 1 N–H and O–H groups in total. The molecular formula is C11H22N2. The van der Waals surface area contributed by atoms with Gasteiger partial charge in [-0.3, -0.25) is 4.90 Å². The smallest absolute Gasteiger partial charge is 0.0195 e. The molecule has 2 aliphatic rings. The topological polar surface area (TPSA) is 15.3 Å². The summed E-state index contributed by atoms with van der Waals surface area (Å²) in [7, 11) is 0. The van der Waals surface area contributed by atoms with Crippen LogP contribution in [0.1, 0.15) is 33.1 Å². The van der Waals surface area contributed by atoms with Crippen LogP contribution in [-0.2, 0) is 0 Å². The van der Waals surface area contributed by atoms with Crippen molar-refractivity contribution >= 4 is 0 Å². The number of piperazine rings is 1. The minimum Gasteiger partial charge on any atom is -0.314 e. The second-order valence-electron chi connectivity index (χ2n) is 4.77. The third-order valence-electron chi connectivity index (χ3n) is 3.79. The quantitative estimate of drug-likeness (QED) is 0.660. The Morgan fingerprint density at radius 1 is 1.23 bits per heavy atom. The molecule has 2 heteroatoms. The summed E-state index contributed by atoms with van der Waals surface area (Å²) in [5.74, 6) is 0.931. The molecule has 2 rings (SSSR count). The Morgan fingerprint density at radius 2 is 2.08 bits per heavy atom. The molecule has 2 fully saturated rings. The van der Waals surface area contributed by atoms with Crippen molar-refractivity contribution in [3.05, 3.63) is 0 Å². The van der Waals surface area contributed by atoms with Crippen LogP contribution in [0.5, 0.6) is 0 Å². The monoisotopic (exact) mass is 182 g/mol. The van der Waals surface area contributed by atoms with Gasteiger partial charge in [-0.1, -0.05) is 13.3 Å². The predicted molar refractivity (Wildman–Crippen MR) is 55.8 cm³/mol. The average molecular weight is 182 g/mol. The zero-order chi connectivity index (χ0) is 9.26. The molecule has 0 amide bonds. The maximum absolute atomic E-state index is 3.46. The molecule has 2 unspecified atom stereocenters. The van der Waals surface area contributed by atoms with Gasteiger partial charge in [-0.25, -0.2) is 0 Å². The lowest BCUT2D eigenvalue weighted by molar-refractivity contribution is 0.0967. The summed E-state index contributed by atoms with van der Waals surface area (Å²) in [5.41, 5.74) is 0. The van der Waals surface area contributed by atoms with Gasteiger partial charge in [0, 0.05) is 31.7 Å². The number of hydrogen-bond donors (Lipinski definition) is 1. The summed E-state index contributed by atoms with van der Waals surface area (Å²) in [4.78, 5) is 2.73. The lowest BCUT2D eigenvalue weighted by Gasteiger charge is -2.40. The molecule has 1 saturated heterocycles. The molecule has 3 atom stereocenters. The van der Waals surface area contributed by atoms with Crippen molar-refractivity contribution < 1.29 is 0 Å². The van der Waals surface area contributed by atoms with E-state index in [0.29, 0.717) is 0 Å². The van der Waals surface area contributed by atoms with E-state index in [0.717, 1.165) is 18.0 Å². The third-order valence-corrected chi connectivity index (χ3v) is 3.79. The van der Waals surface area contributed by atoms with Gasteiger partial charge in [0.1, 0.15) is 0 Å². The fourth-order valence-electron chi connectivity index (χ4n) is 2.97. The first kappa shape index (κ1) is 9.47. The minimum atomic E-state index is 0.749. The predicted octanol–water partition coefficient (Wildman–Crippen LogP) is 1.47. The van der Waals surface area contributed by atoms with Crippen LogP contribution in [0.4, 0.5) is 0 Å². The van der Waals surface area contributed by atoms with Crippen molar-refractivity contribution in [2.45, 2.75) is 45.2 Å². The molecular weight excluding hydrogens is 160 g/mol. The van der Waals surface area contributed by atoms with Crippen molar-refractivity contribution in [1.29, 1.82) is 0 Å². The summed E-state index contributed by atoms with van der Waals surface area (Å²) in [6, 6.07) is 1.64. The standard InChI is InChI=1S/C11H22N2/c1-9-4-3-5-11(9)13-7-6-12-8-10(13)2/h9-12H,3-8H2,1-2H3/t9?,10-,11?/m0/s1. The Balaban J connectivity index is 1.97. The molecule has 0 aromatic carbocycles. The Bertz CT molecular complexity index is 169. The summed E-state index contributed by atoms with van der Waals surface area (Å²) in [5, 5.41) is 3.46. The van der Waals surface area contributed by atoms with E-state index < -0.39 is 0 Å². The molecule has 0 aromatic heterocycles. The second-order valence-corrected chi connectivity index (χ2v) is 4.77. The molecule has 2 nitrogen and oxygen atoms in total. The number of nitrogens with zero attached hydrogens (tertiary/aromatic N) is 1. The van der Waals surface area contributed by atoms with Crippen LogP contribution in [0.2, 0.25) is 0 Å². The fraction of sp³-hybridized carbons (Fsp3) is 1.00. The van der Waals surface area contributed by atoms with E-state index in [-0.39, 0.29) is 0 Å². The van der Waals surface area contributed by atoms with Crippen LogP contribution in [-0.4, -0.2) is 36.6 Å². The number of nitrogens with one attached hydrogen (secondary N) is 1. The highest BCUT2D eigenvalue weighted by Gasteiger charge is 2.32. The van der Waals surface area contributed by atoms with Crippen LogP contribution < -0.4 is 5.32 Å². The van der Waals surface area contributed by atoms with Gasteiger partial charge in [-0.2, -0.15) is 0 Å². The Hall–Kier alpha value is -0.0800. The first-order chi connectivity index (χ1) is 6.29. The number of hydrogen-bond acceptors (Lipinski definition) is 2. The molecule has 1 aliphatic carbocycles. The summed E-state index contributed by atoms with van der Waals surface area (Å²) < 4.78 is 0. The van der Waals surface area contributed by atoms with Crippen LogP contribution in [0.3, 0.4) is 0 Å². The molecule has 1 aliphatic heterocycles.